The van der Waals surface area contributed by atoms with Crippen molar-refractivity contribution in [1.29, 1.82) is 0 Å². The topological polar surface area (TPSA) is 68.8 Å². The Morgan fingerprint density at radius 1 is 1.44 bits per heavy atom. The zero-order valence-electron chi connectivity index (χ0n) is 15.1. The number of carbonyl (C=O) groups excluding carboxylic acids is 1. The molecule has 7 heteroatoms. The number of allylic oxidation sites excluding steroid dienone is 1. The summed E-state index contributed by atoms with van der Waals surface area (Å²) >= 11 is 0. The molecule has 0 aliphatic carbocycles. The summed E-state index contributed by atoms with van der Waals surface area (Å²) in [6.07, 6.45) is 8.87. The number of aromatic nitrogens is 5. The Kier molecular flexibility index (Phi) is 5.31. The van der Waals surface area contributed by atoms with Gasteiger partial charge in [0.2, 0.25) is 5.91 Å². The van der Waals surface area contributed by atoms with Crippen molar-refractivity contribution >= 4 is 5.91 Å². The van der Waals surface area contributed by atoms with Crippen molar-refractivity contribution in [3.05, 3.63) is 42.5 Å². The quantitative estimate of drug-likeness (QED) is 0.753. The monoisotopic (exact) mass is 342 g/mol. The van der Waals surface area contributed by atoms with Gasteiger partial charge in [-0.05, 0) is 26.2 Å². The van der Waals surface area contributed by atoms with E-state index >= 15 is 0 Å². The molecular formula is C18H26N6O. The minimum atomic E-state index is 0.209. The summed E-state index contributed by atoms with van der Waals surface area (Å²) in [4.78, 5) is 18.5. The summed E-state index contributed by atoms with van der Waals surface area (Å²) in [5, 5.41) is 8.80. The molecule has 0 N–H and O–H groups in total. The third-order valence-electron chi connectivity index (χ3n) is 4.94. The second-order valence-corrected chi connectivity index (χ2v) is 6.64. The average Bonchev–Trinajstić information content (AvgIpc) is 3.19. The Hall–Kier alpha value is -2.44. The highest BCUT2D eigenvalue weighted by Crippen LogP contribution is 2.26. The highest BCUT2D eigenvalue weighted by molar-refractivity contribution is 5.76. The summed E-state index contributed by atoms with van der Waals surface area (Å²) < 4.78 is 4.13. The molecule has 0 spiro atoms. The van der Waals surface area contributed by atoms with Gasteiger partial charge in [-0.1, -0.05) is 6.08 Å². The van der Waals surface area contributed by atoms with Gasteiger partial charge in [0.25, 0.3) is 0 Å². The maximum Gasteiger partial charge on any atom is 0.222 e. The van der Waals surface area contributed by atoms with Crippen LogP contribution in [-0.4, -0.2) is 48.2 Å². The van der Waals surface area contributed by atoms with Crippen LogP contribution in [0.3, 0.4) is 0 Å². The normalized spacial score (nSPS) is 17.7. The van der Waals surface area contributed by atoms with Crippen LogP contribution < -0.4 is 0 Å². The van der Waals surface area contributed by atoms with Crippen molar-refractivity contribution in [2.24, 2.45) is 7.05 Å². The molecule has 0 saturated carbocycles. The Morgan fingerprint density at radius 3 is 3.00 bits per heavy atom. The number of rotatable bonds is 6. The van der Waals surface area contributed by atoms with Gasteiger partial charge in [-0.25, -0.2) is 4.98 Å². The van der Waals surface area contributed by atoms with E-state index in [2.05, 4.69) is 30.9 Å². The molecule has 0 bridgehead atoms. The van der Waals surface area contributed by atoms with Crippen LogP contribution in [0.2, 0.25) is 0 Å². The molecule has 0 radical (unpaired) electrons. The molecular weight excluding hydrogens is 316 g/mol. The van der Waals surface area contributed by atoms with Crippen molar-refractivity contribution in [2.75, 3.05) is 13.1 Å². The fourth-order valence-electron chi connectivity index (χ4n) is 3.39. The van der Waals surface area contributed by atoms with E-state index in [1.807, 2.05) is 25.1 Å². The average molecular weight is 342 g/mol. The van der Waals surface area contributed by atoms with Crippen molar-refractivity contribution in [3.8, 4) is 0 Å². The number of amides is 1. The smallest absolute Gasteiger partial charge is 0.222 e. The number of piperidine rings is 1. The summed E-state index contributed by atoms with van der Waals surface area (Å²) in [6, 6.07) is 0. The largest absolute Gasteiger partial charge is 0.342 e. The number of aryl methyl sites for hydroxylation is 1. The van der Waals surface area contributed by atoms with E-state index in [-0.39, 0.29) is 11.8 Å². The summed E-state index contributed by atoms with van der Waals surface area (Å²) in [6.45, 7) is 7.89. The van der Waals surface area contributed by atoms with Crippen LogP contribution in [0.25, 0.3) is 0 Å². The molecule has 0 unspecified atom stereocenters. The second-order valence-electron chi connectivity index (χ2n) is 6.64. The van der Waals surface area contributed by atoms with Gasteiger partial charge in [0.15, 0.2) is 5.82 Å². The summed E-state index contributed by atoms with van der Waals surface area (Å²) in [7, 11) is 2.01. The van der Waals surface area contributed by atoms with Gasteiger partial charge in [-0.2, -0.15) is 0 Å². The van der Waals surface area contributed by atoms with Crippen LogP contribution in [0.4, 0.5) is 0 Å². The van der Waals surface area contributed by atoms with Crippen LogP contribution in [0.15, 0.2) is 25.0 Å². The lowest BCUT2D eigenvalue weighted by molar-refractivity contribution is -0.132. The third-order valence-corrected chi connectivity index (χ3v) is 4.94. The molecule has 1 fully saturated rings. The van der Waals surface area contributed by atoms with E-state index in [4.69, 9.17) is 0 Å². The van der Waals surface area contributed by atoms with E-state index in [1.54, 1.807) is 12.3 Å². The summed E-state index contributed by atoms with van der Waals surface area (Å²) in [5.41, 5.74) is 0. The van der Waals surface area contributed by atoms with Gasteiger partial charge in [0.1, 0.15) is 11.6 Å². The van der Waals surface area contributed by atoms with Crippen molar-refractivity contribution < 1.29 is 4.79 Å². The van der Waals surface area contributed by atoms with E-state index in [0.29, 0.717) is 13.0 Å². The minimum absolute atomic E-state index is 0.209. The first-order chi connectivity index (χ1) is 12.1. The third kappa shape index (κ3) is 3.81. The van der Waals surface area contributed by atoms with Gasteiger partial charge in [-0.3, -0.25) is 4.79 Å². The molecule has 3 heterocycles. The minimum Gasteiger partial charge on any atom is -0.342 e. The molecule has 1 saturated heterocycles. The molecule has 0 aromatic carbocycles. The van der Waals surface area contributed by atoms with Crippen molar-refractivity contribution in [3.63, 3.8) is 0 Å². The molecule has 2 aromatic rings. The van der Waals surface area contributed by atoms with E-state index in [9.17, 15) is 4.79 Å². The molecule has 3 rings (SSSR count). The Morgan fingerprint density at radius 2 is 2.28 bits per heavy atom. The van der Waals surface area contributed by atoms with Crippen molar-refractivity contribution in [2.45, 2.75) is 45.1 Å². The zero-order valence-corrected chi connectivity index (χ0v) is 15.1. The predicted octanol–water partition coefficient (Wildman–Crippen LogP) is 2.04. The van der Waals surface area contributed by atoms with E-state index < -0.39 is 0 Å². The fraction of sp³-hybridized carbons (Fsp3) is 0.556. The lowest BCUT2D eigenvalue weighted by Gasteiger charge is -2.32. The van der Waals surface area contributed by atoms with Crippen LogP contribution in [0, 0.1) is 6.92 Å². The highest BCUT2D eigenvalue weighted by atomic mass is 16.2. The number of carbonyl (C=O) groups is 1. The molecule has 1 amide bonds. The number of nitrogens with zero attached hydrogens (tertiary/aromatic N) is 6. The molecule has 1 atom stereocenters. The predicted molar refractivity (Wildman–Crippen MR) is 95.1 cm³/mol. The Balaban J connectivity index is 1.70. The number of imidazole rings is 1. The van der Waals surface area contributed by atoms with Gasteiger partial charge >= 0.3 is 0 Å². The Labute approximate surface area is 148 Å². The first kappa shape index (κ1) is 17.4. The van der Waals surface area contributed by atoms with E-state index in [0.717, 1.165) is 49.8 Å². The highest BCUT2D eigenvalue weighted by Gasteiger charge is 2.28. The lowest BCUT2D eigenvalue weighted by Crippen LogP contribution is -2.39. The van der Waals surface area contributed by atoms with Crippen LogP contribution in [0.1, 0.15) is 49.1 Å². The van der Waals surface area contributed by atoms with Crippen LogP contribution in [-0.2, 0) is 18.4 Å². The Bertz CT molecular complexity index is 747. The maximum absolute atomic E-state index is 12.3. The number of hydrogen-bond donors (Lipinski definition) is 0. The van der Waals surface area contributed by atoms with E-state index in [1.165, 1.54) is 0 Å². The molecule has 7 nitrogen and oxygen atoms in total. The van der Waals surface area contributed by atoms with Gasteiger partial charge in [0.05, 0.1) is 6.54 Å². The van der Waals surface area contributed by atoms with Crippen molar-refractivity contribution in [1.82, 2.24) is 29.2 Å². The number of hydrogen-bond acceptors (Lipinski definition) is 4. The first-order valence-corrected chi connectivity index (χ1v) is 8.84. The number of likely N-dealkylation sites (tertiary alicyclic amines) is 1. The molecule has 1 aliphatic heterocycles. The summed E-state index contributed by atoms with van der Waals surface area (Å²) in [5.74, 6) is 3.29. The van der Waals surface area contributed by atoms with Gasteiger partial charge < -0.3 is 14.0 Å². The second kappa shape index (κ2) is 7.63. The van der Waals surface area contributed by atoms with Crippen LogP contribution >= 0.6 is 0 Å². The molecule has 1 aliphatic rings. The molecule has 25 heavy (non-hydrogen) atoms. The zero-order chi connectivity index (χ0) is 17.8. The van der Waals surface area contributed by atoms with Crippen LogP contribution in [0.5, 0.6) is 0 Å². The lowest BCUT2D eigenvalue weighted by atomic mass is 9.96. The molecule has 2 aromatic heterocycles. The van der Waals surface area contributed by atoms with Gasteiger partial charge in [0, 0.05) is 44.9 Å². The van der Waals surface area contributed by atoms with Gasteiger partial charge in [-0.15, -0.1) is 16.8 Å². The SMILES string of the molecule is C=CCCC(=O)N1CCC[C@@H](c2nnc(Cn3ccnc3C)n2C)C1. The standard InChI is InChI=1S/C18H26N6O/c1-4-5-8-17(25)24-10-6-7-15(12-24)18-21-20-16(22(18)3)13-23-11-9-19-14(23)2/h4,9,11,15H,1,5-8,10,12-13H2,2-3H3/t15-/m1/s1. The fourth-order valence-corrected chi connectivity index (χ4v) is 3.39. The molecule has 134 valence electrons. The first-order valence-electron chi connectivity index (χ1n) is 8.84. The maximum atomic E-state index is 12.3.